The summed E-state index contributed by atoms with van der Waals surface area (Å²) in [5, 5.41) is 0. The molecular formula is C12H15F2N. The first-order chi connectivity index (χ1) is 7.18. The number of benzene rings is 1. The van der Waals surface area contributed by atoms with E-state index in [1.165, 1.54) is 18.9 Å². The number of aryl methyl sites for hydroxylation is 1. The van der Waals surface area contributed by atoms with Crippen LogP contribution in [0.1, 0.15) is 24.8 Å². The van der Waals surface area contributed by atoms with Gasteiger partial charge in [-0.15, -0.1) is 0 Å². The molecule has 1 aromatic rings. The second kappa shape index (κ2) is 4.27. The molecular weight excluding hydrogens is 196 g/mol. The van der Waals surface area contributed by atoms with Gasteiger partial charge >= 0.3 is 0 Å². The molecule has 1 fully saturated rings. The Bertz CT molecular complexity index is 347. The fraction of sp³-hybridized carbons (Fsp3) is 0.500. The summed E-state index contributed by atoms with van der Waals surface area (Å²) in [6.45, 7) is 0. The van der Waals surface area contributed by atoms with Crippen molar-refractivity contribution in [3.8, 4) is 0 Å². The Morgan fingerprint density at radius 2 is 2.07 bits per heavy atom. The zero-order valence-electron chi connectivity index (χ0n) is 8.55. The Morgan fingerprint density at radius 1 is 1.33 bits per heavy atom. The second-order valence-corrected chi connectivity index (χ2v) is 4.25. The van der Waals surface area contributed by atoms with Gasteiger partial charge in [0.05, 0.1) is 0 Å². The van der Waals surface area contributed by atoms with Gasteiger partial charge in [-0.05, 0) is 43.2 Å². The third-order valence-electron chi connectivity index (χ3n) is 3.01. The number of halogens is 2. The first-order valence-electron chi connectivity index (χ1n) is 5.37. The average Bonchev–Trinajstić information content (AvgIpc) is 3.03. The molecule has 0 amide bonds. The van der Waals surface area contributed by atoms with E-state index in [1.54, 1.807) is 6.07 Å². The van der Waals surface area contributed by atoms with E-state index in [0.717, 1.165) is 12.5 Å². The molecule has 0 spiro atoms. The van der Waals surface area contributed by atoms with Crippen LogP contribution in [0.3, 0.4) is 0 Å². The van der Waals surface area contributed by atoms with Crippen molar-refractivity contribution < 1.29 is 8.78 Å². The van der Waals surface area contributed by atoms with Crippen molar-refractivity contribution in [3.05, 3.63) is 35.4 Å². The zero-order valence-corrected chi connectivity index (χ0v) is 8.55. The molecule has 0 heterocycles. The van der Waals surface area contributed by atoms with Crippen LogP contribution in [0.15, 0.2) is 18.2 Å². The standard InChI is InChI=1S/C12H15F2N/c13-10-3-1-2-9(12(10)14)6-7-11(15)8-4-5-8/h1-3,8,11H,4-7,15H2. The lowest BCUT2D eigenvalue weighted by molar-refractivity contribution is 0.487. The normalized spacial score (nSPS) is 17.8. The van der Waals surface area contributed by atoms with E-state index in [1.807, 2.05) is 0 Å². The molecule has 0 aliphatic heterocycles. The Kier molecular flexibility index (Phi) is 3.00. The van der Waals surface area contributed by atoms with Crippen molar-refractivity contribution in [2.75, 3.05) is 0 Å². The maximum atomic E-state index is 13.3. The van der Waals surface area contributed by atoms with Crippen LogP contribution in [0.4, 0.5) is 8.78 Å². The number of hydrogen-bond donors (Lipinski definition) is 1. The van der Waals surface area contributed by atoms with Gasteiger partial charge in [-0.25, -0.2) is 8.78 Å². The Morgan fingerprint density at radius 3 is 2.73 bits per heavy atom. The molecule has 1 unspecified atom stereocenters. The minimum Gasteiger partial charge on any atom is -0.327 e. The highest BCUT2D eigenvalue weighted by Crippen LogP contribution is 2.33. The molecule has 0 saturated heterocycles. The summed E-state index contributed by atoms with van der Waals surface area (Å²) in [6, 6.07) is 4.45. The van der Waals surface area contributed by atoms with Crippen molar-refractivity contribution >= 4 is 0 Å². The lowest BCUT2D eigenvalue weighted by atomic mass is 10.0. The Hall–Kier alpha value is -0.960. The van der Waals surface area contributed by atoms with Gasteiger partial charge in [0.2, 0.25) is 0 Å². The number of rotatable bonds is 4. The smallest absolute Gasteiger partial charge is 0.162 e. The minimum absolute atomic E-state index is 0.146. The van der Waals surface area contributed by atoms with Gasteiger partial charge in [0.25, 0.3) is 0 Å². The van der Waals surface area contributed by atoms with Crippen molar-refractivity contribution in [1.29, 1.82) is 0 Å². The summed E-state index contributed by atoms with van der Waals surface area (Å²) < 4.78 is 26.1. The molecule has 2 N–H and O–H groups in total. The van der Waals surface area contributed by atoms with E-state index in [0.29, 0.717) is 17.9 Å². The van der Waals surface area contributed by atoms with Crippen molar-refractivity contribution in [1.82, 2.24) is 0 Å². The average molecular weight is 211 g/mol. The van der Waals surface area contributed by atoms with Gasteiger partial charge in [-0.3, -0.25) is 0 Å². The van der Waals surface area contributed by atoms with Gasteiger partial charge in [0.1, 0.15) is 0 Å². The van der Waals surface area contributed by atoms with Crippen molar-refractivity contribution in [3.63, 3.8) is 0 Å². The van der Waals surface area contributed by atoms with Gasteiger partial charge in [0.15, 0.2) is 11.6 Å². The lowest BCUT2D eigenvalue weighted by Gasteiger charge is -2.10. The third kappa shape index (κ3) is 2.53. The summed E-state index contributed by atoms with van der Waals surface area (Å²) in [5.41, 5.74) is 6.33. The maximum absolute atomic E-state index is 13.3. The van der Waals surface area contributed by atoms with Crippen LogP contribution in [0.25, 0.3) is 0 Å². The van der Waals surface area contributed by atoms with E-state index in [2.05, 4.69) is 0 Å². The predicted molar refractivity (Wildman–Crippen MR) is 55.4 cm³/mol. The minimum atomic E-state index is -0.771. The van der Waals surface area contributed by atoms with E-state index >= 15 is 0 Å². The Labute approximate surface area is 88.3 Å². The third-order valence-corrected chi connectivity index (χ3v) is 3.01. The molecule has 1 atom stereocenters. The quantitative estimate of drug-likeness (QED) is 0.814. The molecule has 1 aliphatic rings. The molecule has 0 radical (unpaired) electrons. The monoisotopic (exact) mass is 211 g/mol. The summed E-state index contributed by atoms with van der Waals surface area (Å²) in [4.78, 5) is 0. The molecule has 15 heavy (non-hydrogen) atoms. The summed E-state index contributed by atoms with van der Waals surface area (Å²) in [5.74, 6) is -0.880. The van der Waals surface area contributed by atoms with Gasteiger partial charge in [-0.1, -0.05) is 12.1 Å². The SMILES string of the molecule is NC(CCc1cccc(F)c1F)C1CC1. The van der Waals surface area contributed by atoms with E-state index < -0.39 is 11.6 Å². The first-order valence-corrected chi connectivity index (χ1v) is 5.37. The van der Waals surface area contributed by atoms with Crippen LogP contribution in [-0.4, -0.2) is 6.04 Å². The molecule has 0 aromatic heterocycles. The van der Waals surface area contributed by atoms with Crippen molar-refractivity contribution in [2.24, 2.45) is 11.7 Å². The second-order valence-electron chi connectivity index (χ2n) is 4.25. The number of hydrogen-bond acceptors (Lipinski definition) is 1. The van der Waals surface area contributed by atoms with E-state index in [-0.39, 0.29) is 6.04 Å². The number of nitrogens with two attached hydrogens (primary N) is 1. The molecule has 2 rings (SSSR count). The summed E-state index contributed by atoms with van der Waals surface area (Å²) in [6.07, 6.45) is 3.64. The van der Waals surface area contributed by atoms with Gasteiger partial charge in [0, 0.05) is 6.04 Å². The topological polar surface area (TPSA) is 26.0 Å². The molecule has 1 aliphatic carbocycles. The molecule has 82 valence electrons. The van der Waals surface area contributed by atoms with E-state index in [4.69, 9.17) is 5.73 Å². The van der Waals surface area contributed by atoms with Gasteiger partial charge in [-0.2, -0.15) is 0 Å². The Balaban J connectivity index is 1.95. The van der Waals surface area contributed by atoms with Crippen LogP contribution < -0.4 is 5.73 Å². The zero-order chi connectivity index (χ0) is 10.8. The maximum Gasteiger partial charge on any atom is 0.162 e. The molecule has 1 aromatic carbocycles. The fourth-order valence-electron chi connectivity index (χ4n) is 1.82. The van der Waals surface area contributed by atoms with Crippen LogP contribution in [0.5, 0.6) is 0 Å². The highest BCUT2D eigenvalue weighted by Gasteiger charge is 2.28. The highest BCUT2D eigenvalue weighted by molar-refractivity contribution is 5.19. The molecule has 3 heteroatoms. The molecule has 1 saturated carbocycles. The fourth-order valence-corrected chi connectivity index (χ4v) is 1.82. The first kappa shape index (κ1) is 10.6. The molecule has 1 nitrogen and oxygen atoms in total. The largest absolute Gasteiger partial charge is 0.327 e. The lowest BCUT2D eigenvalue weighted by Crippen LogP contribution is -2.23. The highest BCUT2D eigenvalue weighted by atomic mass is 19.2. The van der Waals surface area contributed by atoms with Crippen LogP contribution >= 0.6 is 0 Å². The van der Waals surface area contributed by atoms with Crippen LogP contribution in [-0.2, 0) is 6.42 Å². The van der Waals surface area contributed by atoms with Crippen LogP contribution in [0, 0.1) is 17.6 Å². The summed E-state index contributed by atoms with van der Waals surface area (Å²) in [7, 11) is 0. The van der Waals surface area contributed by atoms with Crippen LogP contribution in [0.2, 0.25) is 0 Å². The summed E-state index contributed by atoms with van der Waals surface area (Å²) >= 11 is 0. The van der Waals surface area contributed by atoms with Crippen molar-refractivity contribution in [2.45, 2.75) is 31.7 Å². The molecule has 0 bridgehead atoms. The van der Waals surface area contributed by atoms with Gasteiger partial charge < -0.3 is 5.73 Å². The predicted octanol–water partition coefficient (Wildman–Crippen LogP) is 2.63. The van der Waals surface area contributed by atoms with E-state index in [9.17, 15) is 8.78 Å².